The minimum absolute atomic E-state index is 0.0506. The molecule has 0 heterocycles. The van der Waals surface area contributed by atoms with Crippen LogP contribution < -0.4 is 5.90 Å². The summed E-state index contributed by atoms with van der Waals surface area (Å²) in [6.07, 6.45) is -0.339. The lowest BCUT2D eigenvalue weighted by atomic mass is 10.0. The van der Waals surface area contributed by atoms with E-state index >= 15 is 0 Å². The minimum Gasteiger partial charge on any atom is -0.481 e. The number of nitrogens with two attached hydrogens (primary N) is 1. The maximum atomic E-state index is 12.1. The highest BCUT2D eigenvalue weighted by Crippen LogP contribution is 2.54. The second-order valence-corrected chi connectivity index (χ2v) is 7.62. The van der Waals surface area contributed by atoms with E-state index in [1.807, 2.05) is 0 Å². The third-order valence-electron chi connectivity index (χ3n) is 3.48. The summed E-state index contributed by atoms with van der Waals surface area (Å²) in [4.78, 5) is 35.6. The van der Waals surface area contributed by atoms with Crippen molar-refractivity contribution in [1.29, 1.82) is 0 Å². The summed E-state index contributed by atoms with van der Waals surface area (Å²) in [5.41, 5.74) is 0.727. The molecule has 0 saturated heterocycles. The van der Waals surface area contributed by atoms with Gasteiger partial charge in [0.05, 0.1) is 5.92 Å². The zero-order valence-electron chi connectivity index (χ0n) is 12.6. The van der Waals surface area contributed by atoms with Gasteiger partial charge in [0.25, 0.3) is 0 Å². The molecule has 1 rings (SSSR count). The Balaban J connectivity index is 2.75. The zero-order chi connectivity index (χ0) is 17.6. The van der Waals surface area contributed by atoms with Gasteiger partial charge in [0, 0.05) is 12.6 Å². The second kappa shape index (κ2) is 8.21. The van der Waals surface area contributed by atoms with Gasteiger partial charge in [-0.3, -0.25) is 14.2 Å². The van der Waals surface area contributed by atoms with Crippen molar-refractivity contribution >= 4 is 19.3 Å². The quantitative estimate of drug-likeness (QED) is 0.407. The van der Waals surface area contributed by atoms with E-state index in [0.29, 0.717) is 5.56 Å². The van der Waals surface area contributed by atoms with Crippen molar-refractivity contribution in [2.24, 2.45) is 5.90 Å². The molecule has 0 saturated carbocycles. The highest BCUT2D eigenvalue weighted by Gasteiger charge is 2.30. The molecule has 0 aliphatic carbocycles. The van der Waals surface area contributed by atoms with Crippen molar-refractivity contribution in [1.82, 2.24) is 0 Å². The first-order valence-corrected chi connectivity index (χ1v) is 8.82. The number of rotatable bonds is 8. The van der Waals surface area contributed by atoms with E-state index in [2.05, 4.69) is 10.7 Å². The summed E-state index contributed by atoms with van der Waals surface area (Å²) in [6.45, 7) is 1.52. The summed E-state index contributed by atoms with van der Waals surface area (Å²) in [7, 11) is -3.94. The fourth-order valence-electron chi connectivity index (χ4n) is 1.96. The van der Waals surface area contributed by atoms with Crippen LogP contribution in [-0.2, 0) is 19.0 Å². The van der Waals surface area contributed by atoms with Crippen molar-refractivity contribution in [3.63, 3.8) is 0 Å². The van der Waals surface area contributed by atoms with E-state index in [-0.39, 0.29) is 24.6 Å². The predicted molar refractivity (Wildman–Crippen MR) is 81.7 cm³/mol. The largest absolute Gasteiger partial charge is 0.481 e. The number of hydrogen-bond acceptors (Lipinski definition) is 6. The average molecular weight is 345 g/mol. The highest BCUT2D eigenvalue weighted by atomic mass is 31.2. The van der Waals surface area contributed by atoms with Gasteiger partial charge >= 0.3 is 11.9 Å². The third-order valence-corrected chi connectivity index (χ3v) is 5.50. The molecule has 1 aromatic rings. The summed E-state index contributed by atoms with van der Waals surface area (Å²) >= 11 is 0. The second-order valence-electron chi connectivity index (χ2n) is 5.17. The van der Waals surface area contributed by atoms with Crippen LogP contribution in [0.15, 0.2) is 24.3 Å². The molecular weight excluding hydrogens is 325 g/mol. The van der Waals surface area contributed by atoms with E-state index in [1.54, 1.807) is 0 Å². The lowest BCUT2D eigenvalue weighted by Crippen LogP contribution is -2.11. The standard InChI is InChI=1S/C14H20NO7P/c1-9(13(17)18)10-4-6-11(7-5-10)14(19)23(20,21)8-2-3-12(16)22-15/h4-7,9,14,19H,2-3,8,15H2,1H3,(H,17,18)(H,20,21)/t9-,14-/m0/s1. The smallest absolute Gasteiger partial charge is 0.324 e. The monoisotopic (exact) mass is 345 g/mol. The number of carboxylic acid groups (broad SMARTS) is 1. The number of aliphatic carboxylic acids is 1. The van der Waals surface area contributed by atoms with Gasteiger partial charge in [-0.1, -0.05) is 24.3 Å². The topological polar surface area (TPSA) is 147 Å². The minimum atomic E-state index is -3.94. The van der Waals surface area contributed by atoms with E-state index in [1.165, 1.54) is 31.2 Å². The Morgan fingerprint density at radius 2 is 1.78 bits per heavy atom. The number of aliphatic hydroxyl groups is 1. The van der Waals surface area contributed by atoms with Crippen LogP contribution in [-0.4, -0.2) is 33.2 Å². The number of carboxylic acids is 1. The first-order valence-electron chi connectivity index (χ1n) is 6.91. The number of benzene rings is 1. The molecule has 0 aromatic heterocycles. The Bertz CT molecular complexity index is 602. The lowest BCUT2D eigenvalue weighted by Gasteiger charge is -2.19. The Morgan fingerprint density at radius 1 is 1.26 bits per heavy atom. The van der Waals surface area contributed by atoms with Gasteiger partial charge < -0.3 is 19.9 Å². The number of carbonyl (C=O) groups is 2. The molecule has 0 bridgehead atoms. The van der Waals surface area contributed by atoms with Gasteiger partial charge in [-0.05, 0) is 24.5 Å². The zero-order valence-corrected chi connectivity index (χ0v) is 13.5. The Morgan fingerprint density at radius 3 is 2.26 bits per heavy atom. The van der Waals surface area contributed by atoms with Gasteiger partial charge in [-0.25, -0.2) is 0 Å². The van der Waals surface area contributed by atoms with Gasteiger partial charge in [0.1, 0.15) is 0 Å². The van der Waals surface area contributed by atoms with Crippen molar-refractivity contribution in [3.05, 3.63) is 35.4 Å². The Hall–Kier alpha value is -1.73. The van der Waals surface area contributed by atoms with Crippen LogP contribution in [0.4, 0.5) is 0 Å². The van der Waals surface area contributed by atoms with Crippen LogP contribution >= 0.6 is 7.37 Å². The van der Waals surface area contributed by atoms with Crippen molar-refractivity contribution in [3.8, 4) is 0 Å². The molecule has 1 aromatic carbocycles. The molecule has 0 fully saturated rings. The number of hydrogen-bond donors (Lipinski definition) is 4. The van der Waals surface area contributed by atoms with E-state index in [4.69, 9.17) is 5.11 Å². The third kappa shape index (κ3) is 5.44. The fraction of sp³-hybridized carbons (Fsp3) is 0.429. The number of carbonyl (C=O) groups excluding carboxylic acids is 1. The molecule has 1 unspecified atom stereocenters. The number of aliphatic hydroxyl groups excluding tert-OH is 1. The van der Waals surface area contributed by atoms with Crippen LogP contribution in [0.2, 0.25) is 0 Å². The summed E-state index contributed by atoms with van der Waals surface area (Å²) < 4.78 is 12.1. The molecule has 3 atom stereocenters. The maximum absolute atomic E-state index is 12.1. The fourth-order valence-corrected chi connectivity index (χ4v) is 3.46. The Kier molecular flexibility index (Phi) is 6.90. The summed E-state index contributed by atoms with van der Waals surface area (Å²) in [6, 6.07) is 5.80. The van der Waals surface area contributed by atoms with Crippen LogP contribution in [0.5, 0.6) is 0 Å². The van der Waals surface area contributed by atoms with Gasteiger partial charge in [0.15, 0.2) is 5.85 Å². The van der Waals surface area contributed by atoms with Crippen molar-refractivity contribution in [2.75, 3.05) is 6.16 Å². The van der Waals surface area contributed by atoms with Crippen LogP contribution in [0.1, 0.15) is 42.7 Å². The molecular formula is C14H20NO7P. The normalized spacial score (nSPS) is 16.2. The van der Waals surface area contributed by atoms with Crippen molar-refractivity contribution in [2.45, 2.75) is 31.5 Å². The van der Waals surface area contributed by atoms with E-state index in [0.717, 1.165) is 0 Å². The first kappa shape index (κ1) is 19.3. The lowest BCUT2D eigenvalue weighted by molar-refractivity contribution is -0.144. The van der Waals surface area contributed by atoms with Crippen LogP contribution in [0.3, 0.4) is 0 Å². The van der Waals surface area contributed by atoms with E-state index in [9.17, 15) is 24.2 Å². The molecule has 8 nitrogen and oxygen atoms in total. The molecule has 9 heteroatoms. The van der Waals surface area contributed by atoms with Crippen LogP contribution in [0.25, 0.3) is 0 Å². The van der Waals surface area contributed by atoms with Gasteiger partial charge in [0.2, 0.25) is 7.37 Å². The molecule has 23 heavy (non-hydrogen) atoms. The SMILES string of the molecule is C[C@H](C(=O)O)c1ccc([C@@H](O)P(=O)(O)CCCC(=O)ON)cc1. The molecule has 0 radical (unpaired) electrons. The van der Waals surface area contributed by atoms with Crippen LogP contribution in [0, 0.1) is 0 Å². The molecule has 5 N–H and O–H groups in total. The molecule has 0 aliphatic rings. The molecule has 0 aliphatic heterocycles. The van der Waals surface area contributed by atoms with Crippen molar-refractivity contribution < 1.29 is 34.1 Å². The summed E-state index contributed by atoms with van der Waals surface area (Å²) in [5.74, 6) is 0.646. The summed E-state index contributed by atoms with van der Waals surface area (Å²) in [5, 5.41) is 19.0. The molecule has 128 valence electrons. The molecule has 0 spiro atoms. The Labute approximate surface area is 133 Å². The predicted octanol–water partition coefficient (Wildman–Crippen LogP) is 1.33. The van der Waals surface area contributed by atoms with E-state index < -0.39 is 31.1 Å². The first-order chi connectivity index (χ1) is 10.7. The average Bonchev–Trinajstić information content (AvgIpc) is 2.53. The van der Waals surface area contributed by atoms with Gasteiger partial charge in [-0.2, -0.15) is 5.90 Å². The highest BCUT2D eigenvalue weighted by molar-refractivity contribution is 7.58. The molecule has 0 amide bonds. The van der Waals surface area contributed by atoms with Gasteiger partial charge in [-0.15, -0.1) is 0 Å². The maximum Gasteiger partial charge on any atom is 0.324 e.